The van der Waals surface area contributed by atoms with Crippen molar-refractivity contribution >= 4 is 16.9 Å². The van der Waals surface area contributed by atoms with Crippen molar-refractivity contribution in [2.45, 2.75) is 19.8 Å². The number of hydrogen-bond acceptors (Lipinski definition) is 6. The molecule has 0 saturated heterocycles. The molecular weight excluding hydrogens is 372 g/mol. The third-order valence-electron chi connectivity index (χ3n) is 4.17. The van der Waals surface area contributed by atoms with Crippen molar-refractivity contribution in [3.05, 3.63) is 76.7 Å². The van der Waals surface area contributed by atoms with Crippen LogP contribution in [0.5, 0.6) is 17.2 Å². The monoisotopic (exact) mass is 394 g/mol. The Hall–Kier alpha value is -3.54. The number of carbonyl (C=O) groups excluding carboxylic acids is 1. The Morgan fingerprint density at radius 1 is 1.03 bits per heavy atom. The van der Waals surface area contributed by atoms with Crippen LogP contribution in [0.4, 0.5) is 0 Å². The molecule has 0 aliphatic heterocycles. The van der Waals surface area contributed by atoms with Gasteiger partial charge in [-0.25, -0.2) is 9.59 Å². The third-order valence-corrected chi connectivity index (χ3v) is 4.17. The minimum absolute atomic E-state index is 0.157. The van der Waals surface area contributed by atoms with Crippen molar-refractivity contribution in [2.24, 2.45) is 0 Å². The zero-order valence-electron chi connectivity index (χ0n) is 16.3. The van der Waals surface area contributed by atoms with Gasteiger partial charge in [0.15, 0.2) is 17.1 Å². The van der Waals surface area contributed by atoms with E-state index in [0.29, 0.717) is 29.7 Å². The van der Waals surface area contributed by atoms with E-state index in [2.05, 4.69) is 0 Å². The van der Waals surface area contributed by atoms with E-state index in [-0.39, 0.29) is 17.1 Å². The third kappa shape index (κ3) is 4.66. The van der Waals surface area contributed by atoms with Gasteiger partial charge in [0.25, 0.3) is 5.75 Å². The van der Waals surface area contributed by atoms with Crippen LogP contribution < -0.4 is 19.8 Å². The number of rotatable bonds is 8. The SMILES string of the molecule is CC/C=C/CCOc1c(OC(=O)c2ccccc2)c(=O)oc2c(OC)cccc12. The van der Waals surface area contributed by atoms with E-state index >= 15 is 0 Å². The fraction of sp³-hybridized carbons (Fsp3) is 0.217. The summed E-state index contributed by atoms with van der Waals surface area (Å²) in [5, 5.41) is 0.485. The Morgan fingerprint density at radius 2 is 1.83 bits per heavy atom. The molecule has 0 spiro atoms. The molecule has 6 nitrogen and oxygen atoms in total. The van der Waals surface area contributed by atoms with Gasteiger partial charge in [-0.05, 0) is 37.1 Å². The molecule has 3 aromatic rings. The average Bonchev–Trinajstić information content (AvgIpc) is 2.75. The summed E-state index contributed by atoms with van der Waals surface area (Å²) in [6.45, 7) is 2.35. The second-order valence-corrected chi connectivity index (χ2v) is 6.16. The molecule has 1 heterocycles. The lowest BCUT2D eigenvalue weighted by Crippen LogP contribution is -2.16. The molecule has 0 aliphatic carbocycles. The van der Waals surface area contributed by atoms with Gasteiger partial charge in [-0.1, -0.05) is 43.3 Å². The van der Waals surface area contributed by atoms with Crippen LogP contribution in [0.3, 0.4) is 0 Å². The highest BCUT2D eigenvalue weighted by molar-refractivity contribution is 5.94. The van der Waals surface area contributed by atoms with Gasteiger partial charge in [0.2, 0.25) is 0 Å². The molecule has 0 aliphatic rings. The fourth-order valence-electron chi connectivity index (χ4n) is 2.79. The number of para-hydroxylation sites is 1. The Morgan fingerprint density at radius 3 is 2.55 bits per heavy atom. The molecule has 3 rings (SSSR count). The molecule has 0 atom stereocenters. The summed E-state index contributed by atoms with van der Waals surface area (Å²) < 4.78 is 21.9. The number of hydrogen-bond donors (Lipinski definition) is 0. The van der Waals surface area contributed by atoms with Crippen LogP contribution in [0.1, 0.15) is 30.1 Å². The van der Waals surface area contributed by atoms with Crippen LogP contribution in [0.2, 0.25) is 0 Å². The lowest BCUT2D eigenvalue weighted by Gasteiger charge is -2.13. The van der Waals surface area contributed by atoms with Crippen molar-refractivity contribution in [1.29, 1.82) is 0 Å². The van der Waals surface area contributed by atoms with E-state index < -0.39 is 11.6 Å². The molecule has 0 amide bonds. The summed E-state index contributed by atoms with van der Waals surface area (Å²) in [7, 11) is 1.48. The summed E-state index contributed by atoms with van der Waals surface area (Å²) in [4.78, 5) is 25.1. The summed E-state index contributed by atoms with van der Waals surface area (Å²) in [6, 6.07) is 13.5. The van der Waals surface area contributed by atoms with E-state index in [1.807, 2.05) is 19.1 Å². The highest BCUT2D eigenvalue weighted by atomic mass is 16.6. The van der Waals surface area contributed by atoms with Crippen LogP contribution in [-0.4, -0.2) is 19.7 Å². The van der Waals surface area contributed by atoms with E-state index in [4.69, 9.17) is 18.6 Å². The van der Waals surface area contributed by atoms with Crippen molar-refractivity contribution in [1.82, 2.24) is 0 Å². The predicted octanol–water partition coefficient (Wildman–Crippen LogP) is 4.76. The maximum Gasteiger partial charge on any atom is 0.383 e. The fourth-order valence-corrected chi connectivity index (χ4v) is 2.79. The van der Waals surface area contributed by atoms with Gasteiger partial charge in [0, 0.05) is 0 Å². The van der Waals surface area contributed by atoms with E-state index in [1.165, 1.54) is 7.11 Å². The molecule has 0 radical (unpaired) electrons. The number of methoxy groups -OCH3 is 1. The first-order valence-corrected chi connectivity index (χ1v) is 9.34. The van der Waals surface area contributed by atoms with Crippen LogP contribution in [0.25, 0.3) is 11.0 Å². The van der Waals surface area contributed by atoms with Gasteiger partial charge in [-0.3, -0.25) is 0 Å². The maximum atomic E-state index is 12.6. The lowest BCUT2D eigenvalue weighted by atomic mass is 10.2. The van der Waals surface area contributed by atoms with Crippen molar-refractivity contribution in [3.8, 4) is 17.2 Å². The van der Waals surface area contributed by atoms with Gasteiger partial charge in [0.1, 0.15) is 0 Å². The van der Waals surface area contributed by atoms with Gasteiger partial charge in [-0.15, -0.1) is 0 Å². The predicted molar refractivity (Wildman–Crippen MR) is 110 cm³/mol. The number of esters is 1. The normalized spacial score (nSPS) is 11.0. The zero-order chi connectivity index (χ0) is 20.6. The van der Waals surface area contributed by atoms with E-state index in [9.17, 15) is 9.59 Å². The second-order valence-electron chi connectivity index (χ2n) is 6.16. The highest BCUT2D eigenvalue weighted by Crippen LogP contribution is 2.37. The minimum Gasteiger partial charge on any atom is -0.493 e. The van der Waals surface area contributed by atoms with Crippen LogP contribution in [-0.2, 0) is 0 Å². The van der Waals surface area contributed by atoms with E-state index in [0.717, 1.165) is 6.42 Å². The quantitative estimate of drug-likeness (QED) is 0.237. The maximum absolute atomic E-state index is 12.6. The molecule has 150 valence electrons. The molecule has 0 saturated carbocycles. The summed E-state index contributed by atoms with van der Waals surface area (Å²) in [5.74, 6) is -0.407. The Kier molecular flexibility index (Phi) is 6.68. The second kappa shape index (κ2) is 9.59. The molecule has 29 heavy (non-hydrogen) atoms. The van der Waals surface area contributed by atoms with Gasteiger partial charge in [0.05, 0.1) is 24.7 Å². The Bertz CT molecular complexity index is 1070. The molecule has 2 aromatic carbocycles. The molecule has 0 N–H and O–H groups in total. The Balaban J connectivity index is 2.03. The topological polar surface area (TPSA) is 75.0 Å². The number of ether oxygens (including phenoxy) is 3. The molecule has 0 fully saturated rings. The highest BCUT2D eigenvalue weighted by Gasteiger charge is 2.23. The standard InChI is InChI=1S/C23H22O6/c1-3-4-5-9-15-27-20-17-13-10-14-18(26-2)19(17)28-23(25)21(20)29-22(24)16-11-7-6-8-12-16/h4-8,10-14H,3,9,15H2,1-2H3/b5-4+. The molecule has 1 aromatic heterocycles. The Labute approximate surface area is 168 Å². The van der Waals surface area contributed by atoms with Crippen molar-refractivity contribution in [2.75, 3.05) is 13.7 Å². The molecule has 0 bridgehead atoms. The van der Waals surface area contributed by atoms with E-state index in [1.54, 1.807) is 48.5 Å². The number of benzene rings is 2. The zero-order valence-corrected chi connectivity index (χ0v) is 16.3. The molecule has 6 heteroatoms. The summed E-state index contributed by atoms with van der Waals surface area (Å²) in [6.07, 6.45) is 5.59. The largest absolute Gasteiger partial charge is 0.493 e. The smallest absolute Gasteiger partial charge is 0.383 e. The van der Waals surface area contributed by atoms with Crippen molar-refractivity contribution in [3.63, 3.8) is 0 Å². The molecular formula is C23H22O6. The summed E-state index contributed by atoms with van der Waals surface area (Å²) >= 11 is 0. The van der Waals surface area contributed by atoms with Gasteiger partial charge in [-0.2, -0.15) is 0 Å². The van der Waals surface area contributed by atoms with Gasteiger partial charge >= 0.3 is 11.6 Å². The van der Waals surface area contributed by atoms with Crippen LogP contribution in [0.15, 0.2) is 69.9 Å². The minimum atomic E-state index is -0.814. The number of carbonyl (C=O) groups is 1. The first kappa shape index (κ1) is 20.2. The van der Waals surface area contributed by atoms with Crippen LogP contribution in [0, 0.1) is 0 Å². The van der Waals surface area contributed by atoms with Crippen LogP contribution >= 0.6 is 0 Å². The molecule has 0 unspecified atom stereocenters. The average molecular weight is 394 g/mol. The van der Waals surface area contributed by atoms with Crippen molar-refractivity contribution < 1.29 is 23.4 Å². The first-order valence-electron chi connectivity index (χ1n) is 9.34. The number of allylic oxidation sites excluding steroid dienone is 1. The number of fused-ring (bicyclic) bond motifs is 1. The summed E-state index contributed by atoms with van der Waals surface area (Å²) in [5.41, 5.74) is -0.265. The lowest BCUT2D eigenvalue weighted by molar-refractivity contribution is 0.0722. The first-order chi connectivity index (χ1) is 14.2. The van der Waals surface area contributed by atoms with Gasteiger partial charge < -0.3 is 18.6 Å².